The molecule has 0 bridgehead atoms. The Morgan fingerprint density at radius 1 is 0.886 bits per heavy atom. The molecule has 10 heteroatoms. The van der Waals surface area contributed by atoms with Crippen LogP contribution in [0.5, 0.6) is 0 Å². The molecule has 1 aliphatic rings. The summed E-state index contributed by atoms with van der Waals surface area (Å²) in [4.78, 5) is 50.5. The van der Waals surface area contributed by atoms with Gasteiger partial charge in [0.25, 0.3) is 17.7 Å². The fourth-order valence-electron chi connectivity index (χ4n) is 3.39. The maximum atomic E-state index is 14.2. The summed E-state index contributed by atoms with van der Waals surface area (Å²) in [6.07, 6.45) is 0. The predicted octanol–water partition coefficient (Wildman–Crippen LogP) is 4.30. The second kappa shape index (κ2) is 9.78. The van der Waals surface area contributed by atoms with Crippen LogP contribution in [-0.2, 0) is 14.3 Å². The number of nitrogens with zero attached hydrogens (tertiary/aromatic N) is 1. The maximum Gasteiger partial charge on any atom is 0.337 e. The zero-order chi connectivity index (χ0) is 25.1. The number of anilines is 3. The maximum absolute atomic E-state index is 14.2. The third kappa shape index (κ3) is 4.75. The molecule has 0 saturated carbocycles. The number of carbonyl (C=O) groups excluding carboxylic acids is 4. The van der Waals surface area contributed by atoms with E-state index in [4.69, 9.17) is 11.6 Å². The van der Waals surface area contributed by atoms with Gasteiger partial charge in [-0.1, -0.05) is 35.9 Å². The van der Waals surface area contributed by atoms with Crippen molar-refractivity contribution >= 4 is 52.4 Å². The third-order valence-corrected chi connectivity index (χ3v) is 5.41. The van der Waals surface area contributed by atoms with E-state index >= 15 is 0 Å². The number of hydrogen-bond donors (Lipinski definition) is 2. The van der Waals surface area contributed by atoms with Gasteiger partial charge in [0.15, 0.2) is 0 Å². The number of carbonyl (C=O) groups is 4. The Hall–Kier alpha value is -4.50. The Bertz CT molecular complexity index is 1410. The molecule has 0 aliphatic carbocycles. The molecule has 3 aromatic carbocycles. The average Bonchev–Trinajstić information content (AvgIpc) is 3.07. The van der Waals surface area contributed by atoms with Crippen LogP contribution >= 0.6 is 11.6 Å². The molecule has 0 saturated heterocycles. The molecule has 176 valence electrons. The van der Waals surface area contributed by atoms with Crippen molar-refractivity contribution in [2.75, 3.05) is 22.6 Å². The summed E-state index contributed by atoms with van der Waals surface area (Å²) in [6.45, 7) is 0. The van der Waals surface area contributed by atoms with Gasteiger partial charge in [-0.3, -0.25) is 14.4 Å². The molecule has 3 aromatic rings. The van der Waals surface area contributed by atoms with Crippen LogP contribution in [0.4, 0.5) is 21.5 Å². The van der Waals surface area contributed by atoms with E-state index in [1.165, 1.54) is 43.5 Å². The molecule has 1 heterocycles. The van der Waals surface area contributed by atoms with Crippen molar-refractivity contribution in [3.05, 3.63) is 100 Å². The van der Waals surface area contributed by atoms with Crippen LogP contribution in [-0.4, -0.2) is 30.8 Å². The molecule has 4 rings (SSSR count). The van der Waals surface area contributed by atoms with Gasteiger partial charge in [-0.2, -0.15) is 0 Å². The van der Waals surface area contributed by atoms with Crippen LogP contribution in [0.1, 0.15) is 20.7 Å². The predicted molar refractivity (Wildman–Crippen MR) is 128 cm³/mol. The lowest BCUT2D eigenvalue weighted by atomic mass is 10.1. The van der Waals surface area contributed by atoms with Crippen molar-refractivity contribution in [3.8, 4) is 0 Å². The van der Waals surface area contributed by atoms with E-state index < -0.39 is 34.5 Å². The summed E-state index contributed by atoms with van der Waals surface area (Å²) in [7, 11) is 1.26. The lowest BCUT2D eigenvalue weighted by Gasteiger charge is -2.15. The highest BCUT2D eigenvalue weighted by Gasteiger charge is 2.40. The van der Waals surface area contributed by atoms with Crippen molar-refractivity contribution < 1.29 is 28.3 Å². The Kier molecular flexibility index (Phi) is 6.61. The minimum atomic E-state index is -0.872. The Morgan fingerprint density at radius 3 is 2.26 bits per heavy atom. The van der Waals surface area contributed by atoms with Crippen LogP contribution in [0.25, 0.3) is 0 Å². The molecule has 3 amide bonds. The minimum Gasteiger partial charge on any atom is -0.465 e. The molecule has 0 radical (unpaired) electrons. The lowest BCUT2D eigenvalue weighted by Crippen LogP contribution is -2.33. The molecule has 0 unspecified atom stereocenters. The summed E-state index contributed by atoms with van der Waals surface area (Å²) >= 11 is 6.10. The van der Waals surface area contributed by atoms with E-state index in [1.807, 2.05) is 0 Å². The smallest absolute Gasteiger partial charge is 0.337 e. The van der Waals surface area contributed by atoms with Gasteiger partial charge < -0.3 is 15.4 Å². The van der Waals surface area contributed by atoms with Gasteiger partial charge in [0.2, 0.25) is 0 Å². The number of hydrogen-bond acceptors (Lipinski definition) is 6. The van der Waals surface area contributed by atoms with Crippen molar-refractivity contribution in [3.63, 3.8) is 0 Å². The van der Waals surface area contributed by atoms with Crippen molar-refractivity contribution in [1.29, 1.82) is 0 Å². The summed E-state index contributed by atoms with van der Waals surface area (Å²) in [5.74, 6) is -3.49. The van der Waals surface area contributed by atoms with E-state index in [9.17, 15) is 23.6 Å². The lowest BCUT2D eigenvalue weighted by molar-refractivity contribution is -0.120. The number of imide groups is 1. The Balaban J connectivity index is 1.53. The summed E-state index contributed by atoms with van der Waals surface area (Å²) in [5, 5.41) is 5.02. The van der Waals surface area contributed by atoms with Gasteiger partial charge >= 0.3 is 5.97 Å². The van der Waals surface area contributed by atoms with Crippen LogP contribution in [0.15, 0.2) is 83.5 Å². The van der Waals surface area contributed by atoms with E-state index in [0.29, 0.717) is 16.3 Å². The Labute approximate surface area is 203 Å². The first-order valence-corrected chi connectivity index (χ1v) is 10.6. The number of methoxy groups -OCH3 is 1. The van der Waals surface area contributed by atoms with Gasteiger partial charge in [-0.25, -0.2) is 14.1 Å². The van der Waals surface area contributed by atoms with Crippen molar-refractivity contribution in [2.24, 2.45) is 0 Å². The van der Waals surface area contributed by atoms with Crippen LogP contribution in [0.2, 0.25) is 0 Å². The molecular formula is C25H17ClFN3O5. The highest BCUT2D eigenvalue weighted by Crippen LogP contribution is 2.31. The normalized spacial score (nSPS) is 13.2. The number of ether oxygens (including phenoxy) is 1. The number of halogens is 2. The second-order valence-corrected chi connectivity index (χ2v) is 7.70. The Morgan fingerprint density at radius 2 is 1.54 bits per heavy atom. The van der Waals surface area contributed by atoms with Crippen LogP contribution < -0.4 is 15.5 Å². The number of amides is 3. The topological polar surface area (TPSA) is 105 Å². The van der Waals surface area contributed by atoms with Gasteiger partial charge in [0, 0.05) is 16.9 Å². The fourth-order valence-corrected chi connectivity index (χ4v) is 3.60. The monoisotopic (exact) mass is 493 g/mol. The third-order valence-electron chi connectivity index (χ3n) is 5.06. The largest absolute Gasteiger partial charge is 0.465 e. The molecule has 1 aliphatic heterocycles. The molecule has 0 fully saturated rings. The quantitative estimate of drug-likeness (QED) is 0.392. The standard InChI is InChI=1S/C25H17ClFN3O5/c1-35-25(34)15-7-5-9-17(13-15)29-22(31)14-6-4-8-16(12-14)28-21-20(26)23(32)30(24(21)33)19-11-3-2-10-18(19)27/h2-13,28H,1H3,(H,29,31). The zero-order valence-electron chi connectivity index (χ0n) is 18.2. The molecule has 2 N–H and O–H groups in total. The average molecular weight is 494 g/mol. The fraction of sp³-hybridized carbons (Fsp3) is 0.0400. The molecule has 35 heavy (non-hydrogen) atoms. The van der Waals surface area contributed by atoms with E-state index in [0.717, 1.165) is 6.07 Å². The molecule has 0 spiro atoms. The number of para-hydroxylation sites is 1. The van der Waals surface area contributed by atoms with E-state index in [2.05, 4.69) is 15.4 Å². The van der Waals surface area contributed by atoms with Gasteiger partial charge in [-0.05, 0) is 48.5 Å². The molecular weight excluding hydrogens is 477 g/mol. The van der Waals surface area contributed by atoms with Crippen LogP contribution in [0.3, 0.4) is 0 Å². The van der Waals surface area contributed by atoms with E-state index in [-0.39, 0.29) is 22.5 Å². The van der Waals surface area contributed by atoms with Gasteiger partial charge in [0.05, 0.1) is 18.4 Å². The highest BCUT2D eigenvalue weighted by atomic mass is 35.5. The number of esters is 1. The number of rotatable bonds is 6. The van der Waals surface area contributed by atoms with Crippen molar-refractivity contribution in [2.45, 2.75) is 0 Å². The molecule has 8 nitrogen and oxygen atoms in total. The second-order valence-electron chi connectivity index (χ2n) is 7.32. The van der Waals surface area contributed by atoms with E-state index in [1.54, 1.807) is 30.3 Å². The summed E-state index contributed by atoms with van der Waals surface area (Å²) in [5.41, 5.74) is 0.692. The summed E-state index contributed by atoms with van der Waals surface area (Å²) < 4.78 is 18.9. The van der Waals surface area contributed by atoms with Crippen molar-refractivity contribution in [1.82, 2.24) is 0 Å². The molecule has 0 atom stereocenters. The molecule has 0 aromatic heterocycles. The number of nitrogens with one attached hydrogen (secondary N) is 2. The first kappa shape index (κ1) is 23.7. The number of benzene rings is 3. The highest BCUT2D eigenvalue weighted by molar-refractivity contribution is 6.53. The van der Waals surface area contributed by atoms with Crippen LogP contribution in [0, 0.1) is 5.82 Å². The SMILES string of the molecule is COC(=O)c1cccc(NC(=O)c2cccc(NC3=C(Cl)C(=O)N(c4ccccc4F)C3=O)c2)c1. The first-order valence-electron chi connectivity index (χ1n) is 10.2. The zero-order valence-corrected chi connectivity index (χ0v) is 18.9. The van der Waals surface area contributed by atoms with Gasteiger partial charge in [0.1, 0.15) is 16.5 Å². The minimum absolute atomic E-state index is 0.220. The van der Waals surface area contributed by atoms with Gasteiger partial charge in [-0.15, -0.1) is 0 Å². The summed E-state index contributed by atoms with van der Waals surface area (Å²) in [6, 6.07) is 17.7. The first-order chi connectivity index (χ1) is 16.8.